The minimum absolute atomic E-state index is 0.251. The number of nitrogens with one attached hydrogen (secondary N) is 2. The second kappa shape index (κ2) is 13.1. The fourth-order valence-electron chi connectivity index (χ4n) is 2.26. The topological polar surface area (TPSA) is 96.9 Å². The molecule has 1 aromatic rings. The Kier molecular flexibility index (Phi) is 11.2. The van der Waals surface area contributed by atoms with Crippen molar-refractivity contribution in [1.82, 2.24) is 5.32 Å². The van der Waals surface area contributed by atoms with E-state index in [0.29, 0.717) is 17.3 Å². The molecule has 0 spiro atoms. The van der Waals surface area contributed by atoms with E-state index in [1.54, 1.807) is 0 Å². The van der Waals surface area contributed by atoms with Gasteiger partial charge in [-0.05, 0) is 24.6 Å². The summed E-state index contributed by atoms with van der Waals surface area (Å²) >= 11 is 11.6. The van der Waals surface area contributed by atoms with Gasteiger partial charge in [0.15, 0.2) is 5.78 Å². The first kappa shape index (κ1) is 23.9. The smallest absolute Gasteiger partial charge is 0.350 e. The zero-order valence-corrected chi connectivity index (χ0v) is 17.5. The lowest BCUT2D eigenvalue weighted by molar-refractivity contribution is -0.117. The Labute approximate surface area is 174 Å². The molecule has 1 aromatic carbocycles. The zero-order valence-electron chi connectivity index (χ0n) is 16.0. The van der Waals surface area contributed by atoms with E-state index in [0.717, 1.165) is 19.3 Å². The summed E-state index contributed by atoms with van der Waals surface area (Å²) in [6.45, 7) is 3.74. The average Bonchev–Trinajstić information content (AvgIpc) is 2.64. The Balaban J connectivity index is 2.49. The van der Waals surface area contributed by atoms with E-state index >= 15 is 0 Å². The van der Waals surface area contributed by atoms with Crippen LogP contribution in [0.25, 0.3) is 0 Å². The van der Waals surface area contributed by atoms with Crippen LogP contribution < -0.4 is 10.6 Å². The lowest BCUT2D eigenvalue weighted by Gasteiger charge is -2.07. The first-order valence-corrected chi connectivity index (χ1v) is 9.91. The van der Waals surface area contributed by atoms with Crippen LogP contribution in [0.3, 0.4) is 0 Å². The van der Waals surface area contributed by atoms with Crippen LogP contribution in [0.2, 0.25) is 10.0 Å². The van der Waals surface area contributed by atoms with Crippen molar-refractivity contribution in [3.8, 4) is 0 Å². The van der Waals surface area contributed by atoms with E-state index in [9.17, 15) is 14.4 Å². The summed E-state index contributed by atoms with van der Waals surface area (Å²) in [7, 11) is 0. The van der Waals surface area contributed by atoms with Crippen LogP contribution in [0, 0.1) is 0 Å². The number of Topliss-reactive ketones (excluding diaryl/α,β-unsaturated/α-hetero) is 1. The molecule has 0 unspecified atom stereocenters. The van der Waals surface area contributed by atoms with Gasteiger partial charge in [-0.3, -0.25) is 19.7 Å². The fourth-order valence-corrected chi connectivity index (χ4v) is 2.56. The number of rotatable bonds is 11. The number of anilines is 1. The Morgan fingerprint density at radius 3 is 2.36 bits per heavy atom. The highest BCUT2D eigenvalue weighted by Crippen LogP contribution is 2.25. The van der Waals surface area contributed by atoms with Gasteiger partial charge in [0.2, 0.25) is 5.71 Å². The monoisotopic (exact) mass is 429 g/mol. The van der Waals surface area contributed by atoms with Gasteiger partial charge in [-0.1, -0.05) is 67.4 Å². The van der Waals surface area contributed by atoms with Crippen molar-refractivity contribution in [1.29, 1.82) is 0 Å². The normalized spacial score (nSPS) is 11.1. The molecule has 2 N–H and O–H groups in total. The van der Waals surface area contributed by atoms with Crippen molar-refractivity contribution >= 4 is 52.4 Å². The molecule has 154 valence electrons. The Morgan fingerprint density at radius 1 is 1.04 bits per heavy atom. The molecule has 9 heteroatoms. The molecule has 7 nitrogen and oxygen atoms in total. The Hall–Kier alpha value is -2.12. The number of hydrogen-bond acceptors (Lipinski definition) is 5. The maximum atomic E-state index is 12.1. The van der Waals surface area contributed by atoms with Crippen molar-refractivity contribution in [2.45, 2.75) is 52.4 Å². The lowest BCUT2D eigenvalue weighted by atomic mass is 10.1. The average molecular weight is 430 g/mol. The number of oxime groups is 1. The number of carbonyl (C=O) groups is 3. The second-order valence-corrected chi connectivity index (χ2v) is 6.97. The number of amides is 2. The summed E-state index contributed by atoms with van der Waals surface area (Å²) in [5.74, 6) is -1.29. The Morgan fingerprint density at radius 2 is 1.71 bits per heavy atom. The van der Waals surface area contributed by atoms with Crippen LogP contribution in [0.1, 0.15) is 52.4 Å². The molecule has 0 saturated heterocycles. The van der Waals surface area contributed by atoms with Gasteiger partial charge in [0, 0.05) is 19.2 Å². The van der Waals surface area contributed by atoms with Crippen LogP contribution in [0.15, 0.2) is 23.4 Å². The first-order chi connectivity index (χ1) is 13.3. The Bertz CT molecular complexity index is 723. The van der Waals surface area contributed by atoms with E-state index in [4.69, 9.17) is 23.2 Å². The molecule has 0 aliphatic rings. The van der Waals surface area contributed by atoms with E-state index in [-0.39, 0.29) is 5.02 Å². The molecule has 0 aliphatic carbocycles. The molecule has 0 aromatic heterocycles. The number of unbranched alkanes of at least 4 members (excludes halogenated alkanes) is 5. The number of ketones is 1. The summed E-state index contributed by atoms with van der Waals surface area (Å²) in [5, 5.41) is 8.94. The molecule has 0 atom stereocenters. The summed E-state index contributed by atoms with van der Waals surface area (Å²) in [4.78, 5) is 40.1. The predicted octanol–water partition coefficient (Wildman–Crippen LogP) is 4.96. The molecular weight excluding hydrogens is 405 g/mol. The summed E-state index contributed by atoms with van der Waals surface area (Å²) in [6, 6.07) is 4.44. The molecule has 0 heterocycles. The van der Waals surface area contributed by atoms with Gasteiger partial charge in [0.25, 0.3) is 5.91 Å². The standard InChI is InChI=1S/C19H25Cl2N3O4/c1-3-4-5-6-7-8-11-22-18(26)17(13(2)25)24-28-19(27)23-14-9-10-15(20)16(21)12-14/h9-10,12H,3-8,11H2,1-2H3,(H,22,26)(H,23,27)/b24-17-. The largest absolute Gasteiger partial charge is 0.437 e. The summed E-state index contributed by atoms with van der Waals surface area (Å²) in [6.07, 6.45) is 5.49. The van der Waals surface area contributed by atoms with Gasteiger partial charge in [-0.2, -0.15) is 0 Å². The van der Waals surface area contributed by atoms with Crippen LogP contribution in [0.5, 0.6) is 0 Å². The number of halogens is 2. The van der Waals surface area contributed by atoms with Crippen molar-refractivity contribution in [3.05, 3.63) is 28.2 Å². The molecule has 0 bridgehead atoms. The highest BCUT2D eigenvalue weighted by Gasteiger charge is 2.18. The van der Waals surface area contributed by atoms with Gasteiger partial charge in [-0.15, -0.1) is 0 Å². The van der Waals surface area contributed by atoms with E-state index in [1.165, 1.54) is 44.4 Å². The molecule has 1 rings (SSSR count). The van der Waals surface area contributed by atoms with Crippen molar-refractivity contribution in [3.63, 3.8) is 0 Å². The third kappa shape index (κ3) is 9.19. The lowest BCUT2D eigenvalue weighted by Crippen LogP contribution is -2.36. The van der Waals surface area contributed by atoms with Crippen LogP contribution in [-0.4, -0.2) is 30.0 Å². The third-order valence-electron chi connectivity index (χ3n) is 3.75. The minimum atomic E-state index is -0.971. The van der Waals surface area contributed by atoms with Gasteiger partial charge < -0.3 is 5.32 Å². The van der Waals surface area contributed by atoms with Gasteiger partial charge in [0.05, 0.1) is 10.0 Å². The molecule has 0 fully saturated rings. The van der Waals surface area contributed by atoms with Crippen LogP contribution in [-0.2, 0) is 14.4 Å². The zero-order chi connectivity index (χ0) is 20.9. The number of nitrogens with zero attached hydrogens (tertiary/aromatic N) is 1. The fraction of sp³-hybridized carbons (Fsp3) is 0.474. The SMILES string of the molecule is CCCCCCCCNC(=O)/C(=N\OC(=O)Nc1ccc(Cl)c(Cl)c1)C(C)=O. The minimum Gasteiger partial charge on any atom is -0.350 e. The van der Waals surface area contributed by atoms with Crippen molar-refractivity contribution in [2.75, 3.05) is 11.9 Å². The molecule has 0 saturated carbocycles. The highest BCUT2D eigenvalue weighted by molar-refractivity contribution is 6.65. The van der Waals surface area contributed by atoms with Crippen molar-refractivity contribution in [2.24, 2.45) is 5.16 Å². The first-order valence-electron chi connectivity index (χ1n) is 9.15. The summed E-state index contributed by atoms with van der Waals surface area (Å²) in [5.41, 5.74) is -0.151. The van der Waals surface area contributed by atoms with Gasteiger partial charge in [-0.25, -0.2) is 4.79 Å². The second-order valence-electron chi connectivity index (χ2n) is 6.15. The van der Waals surface area contributed by atoms with Crippen molar-refractivity contribution < 1.29 is 19.2 Å². The number of carbonyl (C=O) groups excluding carboxylic acids is 3. The maximum absolute atomic E-state index is 12.1. The van der Waals surface area contributed by atoms with E-state index < -0.39 is 23.5 Å². The van der Waals surface area contributed by atoms with E-state index in [2.05, 4.69) is 27.6 Å². The maximum Gasteiger partial charge on any atom is 0.437 e. The highest BCUT2D eigenvalue weighted by atomic mass is 35.5. The third-order valence-corrected chi connectivity index (χ3v) is 4.49. The van der Waals surface area contributed by atoms with Crippen LogP contribution in [0.4, 0.5) is 10.5 Å². The van der Waals surface area contributed by atoms with Gasteiger partial charge >= 0.3 is 6.09 Å². The molecule has 0 aliphatic heterocycles. The van der Waals surface area contributed by atoms with Crippen LogP contribution >= 0.6 is 23.2 Å². The predicted molar refractivity (Wildman–Crippen MR) is 111 cm³/mol. The molecule has 2 amide bonds. The van der Waals surface area contributed by atoms with Gasteiger partial charge in [0.1, 0.15) is 0 Å². The molecule has 28 heavy (non-hydrogen) atoms. The van der Waals surface area contributed by atoms with E-state index in [1.807, 2.05) is 0 Å². The molecule has 0 radical (unpaired) electrons. The summed E-state index contributed by atoms with van der Waals surface area (Å²) < 4.78 is 0. The number of benzene rings is 1. The quantitative estimate of drug-likeness (QED) is 0.170. The number of hydrogen-bond donors (Lipinski definition) is 2. The molecular formula is C19H25Cl2N3O4.